The van der Waals surface area contributed by atoms with Crippen molar-refractivity contribution in [2.45, 2.75) is 26.3 Å². The first-order chi connectivity index (χ1) is 12.0. The van der Waals surface area contributed by atoms with E-state index in [4.69, 9.17) is 4.74 Å². The number of carbonyl (C=O) groups is 3. The van der Waals surface area contributed by atoms with Crippen molar-refractivity contribution in [1.29, 1.82) is 0 Å². The molecule has 0 fully saturated rings. The Morgan fingerprint density at radius 3 is 2.20 bits per heavy atom. The van der Waals surface area contributed by atoms with Crippen molar-refractivity contribution < 1.29 is 19.1 Å². The number of carbonyl (C=O) groups excluding carboxylic acids is 3. The molecule has 130 valence electrons. The monoisotopic (exact) mass is 339 g/mol. The Hall–Kier alpha value is -2.95. The fourth-order valence-electron chi connectivity index (χ4n) is 2.23. The highest BCUT2D eigenvalue weighted by Crippen LogP contribution is 2.15. The van der Waals surface area contributed by atoms with Gasteiger partial charge in [-0.2, -0.15) is 0 Å². The number of esters is 1. The molecule has 1 N–H and O–H groups in total. The van der Waals surface area contributed by atoms with Crippen LogP contribution in [0, 0.1) is 0 Å². The molecule has 0 radical (unpaired) electrons. The Balaban J connectivity index is 2.11. The lowest BCUT2D eigenvalue weighted by Gasteiger charge is -2.12. The molecule has 0 saturated heterocycles. The van der Waals surface area contributed by atoms with Crippen LogP contribution in [-0.2, 0) is 9.53 Å². The Bertz CT molecular complexity index is 755. The third-order valence-corrected chi connectivity index (χ3v) is 3.78. The van der Waals surface area contributed by atoms with Gasteiger partial charge in [0.05, 0.1) is 5.56 Å². The maximum Gasteiger partial charge on any atom is 0.339 e. The van der Waals surface area contributed by atoms with Crippen LogP contribution in [0.3, 0.4) is 0 Å². The highest BCUT2D eigenvalue weighted by molar-refractivity contribution is 6.14. The lowest BCUT2D eigenvalue weighted by Crippen LogP contribution is -2.35. The minimum absolute atomic E-state index is 0.0122. The second-order valence-electron chi connectivity index (χ2n) is 5.69. The lowest BCUT2D eigenvalue weighted by atomic mass is 9.98. The van der Waals surface area contributed by atoms with E-state index in [1.807, 2.05) is 19.9 Å². The zero-order chi connectivity index (χ0) is 18.2. The van der Waals surface area contributed by atoms with Gasteiger partial charge in [-0.3, -0.25) is 9.59 Å². The zero-order valence-electron chi connectivity index (χ0n) is 14.3. The zero-order valence-corrected chi connectivity index (χ0v) is 14.3. The van der Waals surface area contributed by atoms with Crippen LogP contribution in [0.5, 0.6) is 0 Å². The Morgan fingerprint density at radius 1 is 0.960 bits per heavy atom. The van der Waals surface area contributed by atoms with E-state index in [2.05, 4.69) is 5.32 Å². The molecule has 0 aliphatic rings. The van der Waals surface area contributed by atoms with Crippen molar-refractivity contribution in [3.05, 3.63) is 71.3 Å². The molecule has 0 aliphatic carbocycles. The van der Waals surface area contributed by atoms with Gasteiger partial charge in [-0.15, -0.1) is 0 Å². The third kappa shape index (κ3) is 5.01. The highest BCUT2D eigenvalue weighted by Gasteiger charge is 2.19. The molecule has 0 spiro atoms. The number of hydrogen-bond donors (Lipinski definition) is 1. The van der Waals surface area contributed by atoms with Gasteiger partial charge in [-0.1, -0.05) is 55.5 Å². The fourth-order valence-corrected chi connectivity index (χ4v) is 2.23. The Kier molecular flexibility index (Phi) is 6.46. The van der Waals surface area contributed by atoms with Gasteiger partial charge >= 0.3 is 5.97 Å². The van der Waals surface area contributed by atoms with Crippen LogP contribution >= 0.6 is 0 Å². The van der Waals surface area contributed by atoms with Crippen molar-refractivity contribution in [2.24, 2.45) is 0 Å². The maximum atomic E-state index is 12.6. The van der Waals surface area contributed by atoms with Gasteiger partial charge in [0.25, 0.3) is 5.91 Å². The molecule has 0 bridgehead atoms. The van der Waals surface area contributed by atoms with Crippen LogP contribution in [0.15, 0.2) is 54.6 Å². The number of rotatable bonds is 7. The van der Waals surface area contributed by atoms with Crippen LogP contribution in [0.4, 0.5) is 0 Å². The summed E-state index contributed by atoms with van der Waals surface area (Å²) in [6, 6.07) is 15.1. The molecule has 0 aliphatic heterocycles. The first kappa shape index (κ1) is 18.4. The van der Waals surface area contributed by atoms with Crippen LogP contribution in [0.25, 0.3) is 0 Å². The molecule has 5 nitrogen and oxygen atoms in total. The van der Waals surface area contributed by atoms with Crippen LogP contribution < -0.4 is 5.32 Å². The van der Waals surface area contributed by atoms with Gasteiger partial charge in [-0.05, 0) is 19.4 Å². The molecule has 2 rings (SSSR count). The third-order valence-electron chi connectivity index (χ3n) is 3.78. The van der Waals surface area contributed by atoms with E-state index >= 15 is 0 Å². The van der Waals surface area contributed by atoms with Crippen LogP contribution in [0.1, 0.15) is 46.5 Å². The van der Waals surface area contributed by atoms with E-state index in [0.717, 1.165) is 6.42 Å². The second kappa shape index (κ2) is 8.78. The van der Waals surface area contributed by atoms with E-state index in [-0.39, 0.29) is 35.5 Å². The van der Waals surface area contributed by atoms with Crippen molar-refractivity contribution >= 4 is 17.7 Å². The molecule has 0 saturated carbocycles. The van der Waals surface area contributed by atoms with Crippen LogP contribution in [-0.4, -0.2) is 30.3 Å². The van der Waals surface area contributed by atoms with E-state index < -0.39 is 5.97 Å². The van der Waals surface area contributed by atoms with Crippen LogP contribution in [0.2, 0.25) is 0 Å². The van der Waals surface area contributed by atoms with E-state index in [1.165, 1.54) is 6.07 Å². The molecular formula is C20H21NO4. The number of ketones is 1. The lowest BCUT2D eigenvalue weighted by molar-refractivity contribution is -0.124. The fraction of sp³-hybridized carbons (Fsp3) is 0.250. The summed E-state index contributed by atoms with van der Waals surface area (Å²) in [4.78, 5) is 36.6. The topological polar surface area (TPSA) is 72.5 Å². The Morgan fingerprint density at radius 2 is 1.56 bits per heavy atom. The summed E-state index contributed by atoms with van der Waals surface area (Å²) in [6.45, 7) is 3.44. The summed E-state index contributed by atoms with van der Waals surface area (Å²) < 4.78 is 5.06. The quantitative estimate of drug-likeness (QED) is 0.622. The van der Waals surface area contributed by atoms with Gasteiger partial charge in [-0.25, -0.2) is 4.79 Å². The van der Waals surface area contributed by atoms with E-state index in [0.29, 0.717) is 5.56 Å². The Labute approximate surface area is 147 Å². The highest BCUT2D eigenvalue weighted by atomic mass is 16.5. The van der Waals surface area contributed by atoms with Gasteiger partial charge in [0, 0.05) is 17.2 Å². The molecule has 0 heterocycles. The molecule has 0 aromatic heterocycles. The summed E-state index contributed by atoms with van der Waals surface area (Å²) in [5.41, 5.74) is 0.881. The largest absolute Gasteiger partial charge is 0.452 e. The smallest absolute Gasteiger partial charge is 0.339 e. The number of benzene rings is 2. The van der Waals surface area contributed by atoms with Crippen molar-refractivity contribution in [3.63, 3.8) is 0 Å². The molecule has 1 atom stereocenters. The second-order valence-corrected chi connectivity index (χ2v) is 5.69. The molecule has 2 aromatic carbocycles. The molecule has 0 unspecified atom stereocenters. The number of nitrogens with one attached hydrogen (secondary N) is 1. The normalized spacial score (nSPS) is 11.4. The maximum absolute atomic E-state index is 12.6. The summed E-state index contributed by atoms with van der Waals surface area (Å²) >= 11 is 0. The SMILES string of the molecule is CC[C@@H](C)NC(=O)COC(=O)c1ccccc1C(=O)c1ccccc1. The minimum Gasteiger partial charge on any atom is -0.452 e. The first-order valence-corrected chi connectivity index (χ1v) is 8.18. The predicted molar refractivity (Wildman–Crippen MR) is 94.5 cm³/mol. The molecule has 25 heavy (non-hydrogen) atoms. The van der Waals surface area contributed by atoms with Crippen molar-refractivity contribution in [2.75, 3.05) is 6.61 Å². The summed E-state index contributed by atoms with van der Waals surface area (Å²) in [5, 5.41) is 2.72. The minimum atomic E-state index is -0.695. The summed E-state index contributed by atoms with van der Waals surface area (Å²) in [6.07, 6.45) is 0.786. The average Bonchev–Trinajstić information content (AvgIpc) is 2.66. The van der Waals surface area contributed by atoms with Gasteiger partial charge in [0.15, 0.2) is 12.4 Å². The molecule has 5 heteroatoms. The van der Waals surface area contributed by atoms with Gasteiger partial charge < -0.3 is 10.1 Å². The van der Waals surface area contributed by atoms with E-state index in [1.54, 1.807) is 42.5 Å². The average molecular weight is 339 g/mol. The molecule has 2 aromatic rings. The standard InChI is InChI=1S/C20H21NO4/c1-3-14(2)21-18(22)13-25-20(24)17-12-8-7-11-16(17)19(23)15-9-5-4-6-10-15/h4-12,14H,3,13H2,1-2H3,(H,21,22)/t14-/m1/s1. The first-order valence-electron chi connectivity index (χ1n) is 8.18. The molecule has 1 amide bonds. The summed E-state index contributed by atoms with van der Waals surface area (Å²) in [7, 11) is 0. The number of amides is 1. The van der Waals surface area contributed by atoms with Gasteiger partial charge in [0.1, 0.15) is 0 Å². The van der Waals surface area contributed by atoms with E-state index in [9.17, 15) is 14.4 Å². The molecular weight excluding hydrogens is 318 g/mol. The summed E-state index contributed by atoms with van der Waals surface area (Å²) in [5.74, 6) is -1.33. The van der Waals surface area contributed by atoms with Gasteiger partial charge in [0.2, 0.25) is 0 Å². The number of hydrogen-bond acceptors (Lipinski definition) is 4. The van der Waals surface area contributed by atoms with Crippen molar-refractivity contribution in [1.82, 2.24) is 5.32 Å². The number of ether oxygens (including phenoxy) is 1. The predicted octanol–water partition coefficient (Wildman–Crippen LogP) is 2.99. The van der Waals surface area contributed by atoms with Crippen molar-refractivity contribution in [3.8, 4) is 0 Å².